The van der Waals surface area contributed by atoms with Gasteiger partial charge in [0.15, 0.2) is 8.32 Å². The molecule has 0 saturated heterocycles. The Labute approximate surface area is 167 Å². The Morgan fingerprint density at radius 2 is 1.79 bits per heavy atom. The fourth-order valence-electron chi connectivity index (χ4n) is 2.23. The van der Waals surface area contributed by atoms with Gasteiger partial charge in [0.1, 0.15) is 13.3 Å². The number of amides is 1. The van der Waals surface area contributed by atoms with E-state index >= 15 is 0 Å². The number of benzene rings is 1. The molecule has 0 saturated carbocycles. The van der Waals surface area contributed by atoms with E-state index in [0.29, 0.717) is 0 Å². The van der Waals surface area contributed by atoms with E-state index < -0.39 is 39.2 Å². The third-order valence-corrected chi connectivity index (χ3v) is 9.49. The third kappa shape index (κ3) is 7.59. The first-order valence-corrected chi connectivity index (χ1v) is 12.2. The third-order valence-electron chi connectivity index (χ3n) is 4.98. The molecule has 0 aromatic heterocycles. The zero-order valence-electron chi connectivity index (χ0n) is 17.6. The van der Waals surface area contributed by atoms with Crippen LogP contribution < -0.4 is 5.32 Å². The molecule has 1 N–H and O–H groups in total. The van der Waals surface area contributed by atoms with Crippen LogP contribution in [0, 0.1) is 0 Å². The first kappa shape index (κ1) is 24.1. The van der Waals surface area contributed by atoms with E-state index in [2.05, 4.69) is 10.1 Å². The van der Waals surface area contributed by atoms with Crippen molar-refractivity contribution in [1.82, 2.24) is 5.32 Å². The first-order chi connectivity index (χ1) is 13.0. The van der Waals surface area contributed by atoms with Gasteiger partial charge in [0.05, 0.1) is 25.7 Å². The lowest BCUT2D eigenvalue weighted by Gasteiger charge is -2.40. The van der Waals surface area contributed by atoms with Crippen LogP contribution in [0.25, 0.3) is 0 Å². The number of nitrogens with one attached hydrogen (secondary N) is 1. The van der Waals surface area contributed by atoms with Crippen LogP contribution in [0.5, 0.6) is 0 Å². The van der Waals surface area contributed by atoms with Gasteiger partial charge >= 0.3 is 12.1 Å². The Balaban J connectivity index is 2.84. The predicted octanol–water partition coefficient (Wildman–Crippen LogP) is 4.20. The molecule has 1 aromatic rings. The second-order valence-corrected chi connectivity index (χ2v) is 12.9. The average Bonchev–Trinajstić information content (AvgIpc) is 2.63. The molecule has 0 aliphatic carbocycles. The molecule has 28 heavy (non-hydrogen) atoms. The lowest BCUT2D eigenvalue weighted by atomic mass is 10.1. The van der Waals surface area contributed by atoms with Gasteiger partial charge in [0, 0.05) is 0 Å². The van der Waals surface area contributed by atoms with Crippen molar-refractivity contribution in [2.24, 2.45) is 0 Å². The van der Waals surface area contributed by atoms with Crippen LogP contribution in [0.15, 0.2) is 30.3 Å². The minimum Gasteiger partial charge on any atom is -0.469 e. The smallest absolute Gasteiger partial charge is 0.407 e. The normalized spacial score (nSPS) is 14.1. The molecule has 6 nitrogen and oxygen atoms in total. The number of hydrogen-bond acceptors (Lipinski definition) is 5. The number of rotatable bonds is 9. The molecule has 1 rings (SSSR count). The molecule has 0 spiro atoms. The van der Waals surface area contributed by atoms with Gasteiger partial charge in [-0.15, -0.1) is 0 Å². The molecule has 8 heteroatoms. The maximum absolute atomic E-state index is 13.8. The number of hydrogen-bond donors (Lipinski definition) is 1. The Morgan fingerprint density at radius 1 is 1.18 bits per heavy atom. The van der Waals surface area contributed by atoms with Crippen molar-refractivity contribution < 1.29 is 27.9 Å². The molecule has 158 valence electrons. The highest BCUT2D eigenvalue weighted by molar-refractivity contribution is 6.74. The summed E-state index contributed by atoms with van der Waals surface area (Å²) < 4.78 is 29.8. The second-order valence-electron chi connectivity index (χ2n) is 8.16. The van der Waals surface area contributed by atoms with Crippen LogP contribution in [-0.4, -0.2) is 46.3 Å². The van der Waals surface area contributed by atoms with Crippen LogP contribution >= 0.6 is 0 Å². The van der Waals surface area contributed by atoms with Crippen molar-refractivity contribution in [1.29, 1.82) is 0 Å². The minimum absolute atomic E-state index is 0.0704. The fraction of sp³-hybridized carbons (Fsp3) is 0.600. The molecular weight excluding hydrogens is 381 g/mol. The minimum atomic E-state index is -2.32. The Morgan fingerprint density at radius 3 is 2.29 bits per heavy atom. The number of esters is 1. The summed E-state index contributed by atoms with van der Waals surface area (Å²) >= 11 is 0. The van der Waals surface area contributed by atoms with E-state index in [4.69, 9.17) is 9.16 Å². The fourth-order valence-corrected chi connectivity index (χ4v) is 3.57. The molecule has 0 heterocycles. The van der Waals surface area contributed by atoms with Crippen LogP contribution in [0.3, 0.4) is 0 Å². The predicted molar refractivity (Wildman–Crippen MR) is 108 cm³/mol. The molecule has 1 aromatic carbocycles. The van der Waals surface area contributed by atoms with Gasteiger partial charge in [0.25, 0.3) is 0 Å². The molecule has 0 bridgehead atoms. The highest BCUT2D eigenvalue weighted by Crippen LogP contribution is 2.37. The maximum Gasteiger partial charge on any atom is 0.407 e. The Bertz CT molecular complexity index is 633. The molecule has 0 aliphatic heterocycles. The van der Waals surface area contributed by atoms with Gasteiger partial charge in [-0.25, -0.2) is 9.18 Å². The molecule has 0 radical (unpaired) electrons. The molecule has 0 unspecified atom stereocenters. The van der Waals surface area contributed by atoms with Crippen molar-refractivity contribution in [2.45, 2.75) is 64.1 Å². The first-order valence-electron chi connectivity index (χ1n) is 9.28. The zero-order valence-corrected chi connectivity index (χ0v) is 18.6. The van der Waals surface area contributed by atoms with Crippen molar-refractivity contribution in [3.63, 3.8) is 0 Å². The molecule has 0 aliphatic rings. The lowest BCUT2D eigenvalue weighted by Crippen LogP contribution is -2.53. The number of carbonyl (C=O) groups excluding carboxylic acids is 2. The van der Waals surface area contributed by atoms with Crippen LogP contribution in [0.2, 0.25) is 18.1 Å². The summed E-state index contributed by atoms with van der Waals surface area (Å²) in [5, 5.41) is 2.42. The lowest BCUT2D eigenvalue weighted by molar-refractivity contribution is -0.141. The number of carbonyl (C=O) groups is 2. The average molecular weight is 414 g/mol. The van der Waals surface area contributed by atoms with Crippen molar-refractivity contribution in [3.8, 4) is 0 Å². The van der Waals surface area contributed by atoms with Crippen LogP contribution in [-0.2, 0) is 25.3 Å². The van der Waals surface area contributed by atoms with Gasteiger partial charge in [-0.2, -0.15) is 0 Å². The van der Waals surface area contributed by atoms with Crippen molar-refractivity contribution >= 4 is 20.4 Å². The highest BCUT2D eigenvalue weighted by atomic mass is 28.4. The number of ether oxygens (including phenoxy) is 2. The van der Waals surface area contributed by atoms with E-state index in [9.17, 15) is 14.0 Å². The van der Waals surface area contributed by atoms with Gasteiger partial charge in [-0.3, -0.25) is 4.79 Å². The topological polar surface area (TPSA) is 73.9 Å². The van der Waals surface area contributed by atoms with E-state index in [1.54, 1.807) is 0 Å². The number of alkyl halides is 1. The second kappa shape index (κ2) is 10.6. The summed E-state index contributed by atoms with van der Waals surface area (Å²) in [6.07, 6.45) is -1.92. The Hall–Kier alpha value is -1.93. The van der Waals surface area contributed by atoms with E-state index in [1.165, 1.54) is 7.11 Å². The standard InChI is InChI=1S/C20H32FNO5Si/c1-20(2,3)28(5,6)27-17(13-21)16(12-18(23)25-4)22-19(24)26-14-15-10-8-7-9-11-15/h7-11,16-17H,12-14H2,1-6H3,(H,22,24)/t16-,17-/m1/s1. The van der Waals surface area contributed by atoms with Crippen LogP contribution in [0.4, 0.5) is 9.18 Å². The monoisotopic (exact) mass is 413 g/mol. The summed E-state index contributed by atoms with van der Waals surface area (Å²) in [7, 11) is -1.08. The van der Waals surface area contributed by atoms with Gasteiger partial charge in [0.2, 0.25) is 0 Å². The maximum atomic E-state index is 13.8. The van der Waals surface area contributed by atoms with Crippen LogP contribution in [0.1, 0.15) is 32.8 Å². The molecule has 1 amide bonds. The summed E-state index contributed by atoms with van der Waals surface area (Å²) in [6.45, 7) is 9.30. The summed E-state index contributed by atoms with van der Waals surface area (Å²) in [6, 6.07) is 8.29. The van der Waals surface area contributed by atoms with E-state index in [0.717, 1.165) is 5.56 Å². The quantitative estimate of drug-likeness (QED) is 0.485. The van der Waals surface area contributed by atoms with Crippen molar-refractivity contribution in [2.75, 3.05) is 13.8 Å². The van der Waals surface area contributed by atoms with Gasteiger partial charge in [-0.05, 0) is 23.7 Å². The van der Waals surface area contributed by atoms with E-state index in [1.807, 2.05) is 64.2 Å². The Kier molecular flexibility index (Phi) is 9.10. The van der Waals surface area contributed by atoms with Gasteiger partial charge in [-0.1, -0.05) is 51.1 Å². The highest BCUT2D eigenvalue weighted by Gasteiger charge is 2.41. The summed E-state index contributed by atoms with van der Waals surface area (Å²) in [5.41, 5.74) is 0.821. The molecule has 0 fully saturated rings. The molecule has 2 atom stereocenters. The number of methoxy groups -OCH3 is 1. The SMILES string of the molecule is COC(=O)C[C@@H](NC(=O)OCc1ccccc1)[C@@H](CF)O[Si](C)(C)C(C)(C)C. The largest absolute Gasteiger partial charge is 0.469 e. The number of alkyl carbamates (subject to hydrolysis) is 1. The zero-order chi connectivity index (χ0) is 21.4. The summed E-state index contributed by atoms with van der Waals surface area (Å²) in [4.78, 5) is 24.0. The van der Waals surface area contributed by atoms with Gasteiger partial charge < -0.3 is 19.2 Å². The molecular formula is C20H32FNO5Si. The van der Waals surface area contributed by atoms with E-state index in [-0.39, 0.29) is 18.1 Å². The van der Waals surface area contributed by atoms with Crippen molar-refractivity contribution in [3.05, 3.63) is 35.9 Å². The number of halogens is 1. The summed E-state index contributed by atoms with van der Waals surface area (Å²) in [5.74, 6) is -0.564.